The van der Waals surface area contributed by atoms with E-state index in [9.17, 15) is 4.79 Å². The minimum Gasteiger partial charge on any atom is -0.493 e. The molecule has 0 saturated carbocycles. The molecule has 0 aromatic heterocycles. The molecule has 3 heterocycles. The fraction of sp³-hybridized carbons (Fsp3) is 0.429. The van der Waals surface area contributed by atoms with E-state index in [1.807, 2.05) is 45.0 Å². The molecule has 0 bridgehead atoms. The first-order valence-corrected chi connectivity index (χ1v) is 12.1. The number of benzene rings is 2. The van der Waals surface area contributed by atoms with E-state index in [1.165, 1.54) is 0 Å². The van der Waals surface area contributed by atoms with Gasteiger partial charge in [-0.25, -0.2) is 0 Å². The van der Waals surface area contributed by atoms with Gasteiger partial charge in [-0.3, -0.25) is 0 Å². The summed E-state index contributed by atoms with van der Waals surface area (Å²) in [7, 11) is 3.23. The van der Waals surface area contributed by atoms with Gasteiger partial charge < -0.3 is 33.3 Å². The molecule has 0 N–H and O–H groups in total. The number of ether oxygens (including phenoxy) is 5. The number of aldehydes is 1. The minimum atomic E-state index is -0.224. The van der Waals surface area contributed by atoms with Gasteiger partial charge in [0.25, 0.3) is 0 Å². The van der Waals surface area contributed by atoms with Crippen molar-refractivity contribution in [3.63, 3.8) is 0 Å². The SMILES string of the molecule is C=C(C)C1Cc2c(ccc(C3=NOC4COc5cc(OC)c(OC)cc5C34)c2OCC)O1.CCC=O. The Bertz CT molecular complexity index is 1170. The number of carbonyl (C=O) groups excluding carboxylic acids is 1. The van der Waals surface area contributed by atoms with Crippen LogP contribution in [0.1, 0.15) is 49.8 Å². The monoisotopic (exact) mass is 495 g/mol. The second kappa shape index (κ2) is 10.9. The maximum Gasteiger partial charge on any atom is 0.173 e. The number of fused-ring (bicyclic) bond motifs is 4. The van der Waals surface area contributed by atoms with Crippen LogP contribution in [0.15, 0.2) is 41.6 Å². The molecule has 3 atom stereocenters. The Hall–Kier alpha value is -3.68. The number of methoxy groups -OCH3 is 2. The standard InChI is InChI=1S/C25H27NO6.C3H6O/c1-6-29-25-14(7-8-17-16(25)10-18(31-17)13(2)3)24-23-15-9-20(27-4)21(28-5)11-19(15)30-12-22(23)32-26-24;1-2-3-4/h7-9,11,18,22-23H,2,6,10,12H2,1,3-5H3;3H,2H2,1H3. The quantitative estimate of drug-likeness (QED) is 0.401. The van der Waals surface area contributed by atoms with Crippen LogP contribution in [0.5, 0.6) is 28.7 Å². The van der Waals surface area contributed by atoms with Gasteiger partial charge in [0.05, 0.1) is 26.7 Å². The summed E-state index contributed by atoms with van der Waals surface area (Å²) in [5.74, 6) is 3.52. The predicted molar refractivity (Wildman–Crippen MR) is 136 cm³/mol. The third-order valence-corrected chi connectivity index (χ3v) is 6.36. The number of carbonyl (C=O) groups is 1. The largest absolute Gasteiger partial charge is 0.493 e. The molecule has 3 unspecified atom stereocenters. The van der Waals surface area contributed by atoms with E-state index in [1.54, 1.807) is 14.2 Å². The summed E-state index contributed by atoms with van der Waals surface area (Å²) in [6.07, 6.45) is 1.97. The van der Waals surface area contributed by atoms with Gasteiger partial charge in [-0.15, -0.1) is 0 Å². The molecular weight excluding hydrogens is 462 g/mol. The molecule has 2 aromatic rings. The molecule has 3 aliphatic rings. The van der Waals surface area contributed by atoms with Crippen molar-refractivity contribution in [2.75, 3.05) is 27.4 Å². The molecule has 5 rings (SSSR count). The number of hydrogen-bond donors (Lipinski definition) is 0. The Kier molecular flexibility index (Phi) is 7.72. The summed E-state index contributed by atoms with van der Waals surface area (Å²) < 4.78 is 29.2. The fourth-order valence-corrected chi connectivity index (χ4v) is 4.60. The van der Waals surface area contributed by atoms with Crippen LogP contribution in [-0.2, 0) is 16.1 Å². The number of rotatable bonds is 7. The molecule has 2 aromatic carbocycles. The zero-order valence-electron chi connectivity index (χ0n) is 21.5. The van der Waals surface area contributed by atoms with Crippen molar-refractivity contribution in [1.82, 2.24) is 0 Å². The Morgan fingerprint density at radius 3 is 2.53 bits per heavy atom. The Balaban J connectivity index is 0.000000709. The Morgan fingerprint density at radius 2 is 1.89 bits per heavy atom. The van der Waals surface area contributed by atoms with Gasteiger partial charge in [0.2, 0.25) is 0 Å². The van der Waals surface area contributed by atoms with E-state index in [-0.39, 0.29) is 18.1 Å². The van der Waals surface area contributed by atoms with Crippen molar-refractivity contribution in [2.24, 2.45) is 5.16 Å². The first kappa shape index (κ1) is 25.4. The second-order valence-corrected chi connectivity index (χ2v) is 8.74. The molecule has 0 aliphatic carbocycles. The van der Waals surface area contributed by atoms with Gasteiger partial charge in [0, 0.05) is 35.6 Å². The summed E-state index contributed by atoms with van der Waals surface area (Å²) in [5, 5.41) is 4.50. The zero-order valence-corrected chi connectivity index (χ0v) is 21.5. The van der Waals surface area contributed by atoms with E-state index in [0.717, 1.165) is 57.9 Å². The maximum atomic E-state index is 9.17. The summed E-state index contributed by atoms with van der Waals surface area (Å²) >= 11 is 0. The molecular formula is C28H33NO7. The highest BCUT2D eigenvalue weighted by molar-refractivity contribution is 6.09. The molecule has 0 spiro atoms. The Morgan fingerprint density at radius 1 is 1.17 bits per heavy atom. The smallest absolute Gasteiger partial charge is 0.173 e. The normalized spacial score (nSPS) is 20.6. The van der Waals surface area contributed by atoms with Crippen LogP contribution in [0.3, 0.4) is 0 Å². The van der Waals surface area contributed by atoms with Crippen molar-refractivity contribution in [3.8, 4) is 28.7 Å². The average Bonchev–Trinajstić information content (AvgIpc) is 3.53. The van der Waals surface area contributed by atoms with E-state index in [0.29, 0.717) is 31.1 Å². The molecule has 3 aliphatic heterocycles. The maximum absolute atomic E-state index is 9.17. The van der Waals surface area contributed by atoms with Gasteiger partial charge in [-0.2, -0.15) is 0 Å². The van der Waals surface area contributed by atoms with Gasteiger partial charge >= 0.3 is 0 Å². The first-order chi connectivity index (χ1) is 17.5. The number of oxime groups is 1. The second-order valence-electron chi connectivity index (χ2n) is 8.74. The van der Waals surface area contributed by atoms with E-state index >= 15 is 0 Å². The first-order valence-electron chi connectivity index (χ1n) is 12.1. The van der Waals surface area contributed by atoms with Crippen LogP contribution in [-0.4, -0.2) is 51.6 Å². The van der Waals surface area contributed by atoms with Crippen molar-refractivity contribution >= 4 is 12.0 Å². The molecule has 36 heavy (non-hydrogen) atoms. The third-order valence-electron chi connectivity index (χ3n) is 6.36. The molecule has 8 heteroatoms. The van der Waals surface area contributed by atoms with Crippen molar-refractivity contribution in [3.05, 3.63) is 53.1 Å². The Labute approximate surface area is 211 Å². The predicted octanol–water partition coefficient (Wildman–Crippen LogP) is 4.86. The minimum absolute atomic E-state index is 0.0468. The highest BCUT2D eigenvalue weighted by atomic mass is 16.7. The van der Waals surface area contributed by atoms with Gasteiger partial charge in [-0.05, 0) is 37.6 Å². The molecule has 0 amide bonds. The number of nitrogens with zero attached hydrogens (tertiary/aromatic N) is 1. The lowest BCUT2D eigenvalue weighted by Crippen LogP contribution is -2.32. The highest BCUT2D eigenvalue weighted by Gasteiger charge is 2.44. The topological polar surface area (TPSA) is 84.8 Å². The molecule has 192 valence electrons. The van der Waals surface area contributed by atoms with E-state index in [4.69, 9.17) is 28.5 Å². The van der Waals surface area contributed by atoms with Crippen LogP contribution in [0.25, 0.3) is 0 Å². The lowest BCUT2D eigenvalue weighted by Gasteiger charge is -2.28. The lowest BCUT2D eigenvalue weighted by atomic mass is 9.83. The highest BCUT2D eigenvalue weighted by Crippen LogP contribution is 2.48. The zero-order chi connectivity index (χ0) is 25.8. The summed E-state index contributed by atoms with van der Waals surface area (Å²) in [4.78, 5) is 15.0. The van der Waals surface area contributed by atoms with Gasteiger partial charge in [-0.1, -0.05) is 18.7 Å². The van der Waals surface area contributed by atoms with Crippen molar-refractivity contribution in [2.45, 2.75) is 51.7 Å². The van der Waals surface area contributed by atoms with E-state index < -0.39 is 0 Å². The summed E-state index contributed by atoms with van der Waals surface area (Å²) in [5.41, 5.74) is 4.71. The van der Waals surface area contributed by atoms with E-state index in [2.05, 4.69) is 11.7 Å². The lowest BCUT2D eigenvalue weighted by molar-refractivity contribution is -0.107. The molecule has 0 fully saturated rings. The van der Waals surface area contributed by atoms with Crippen molar-refractivity contribution in [1.29, 1.82) is 0 Å². The average molecular weight is 496 g/mol. The summed E-state index contributed by atoms with van der Waals surface area (Å²) in [6.45, 7) is 10.8. The molecule has 0 radical (unpaired) electrons. The number of hydrogen-bond acceptors (Lipinski definition) is 8. The molecule has 0 saturated heterocycles. The van der Waals surface area contributed by atoms with Crippen LogP contribution < -0.4 is 23.7 Å². The van der Waals surface area contributed by atoms with Gasteiger partial charge in [0.15, 0.2) is 17.6 Å². The van der Waals surface area contributed by atoms with Crippen LogP contribution in [0.4, 0.5) is 0 Å². The fourth-order valence-electron chi connectivity index (χ4n) is 4.60. The van der Waals surface area contributed by atoms with Crippen LogP contribution in [0, 0.1) is 0 Å². The van der Waals surface area contributed by atoms with Gasteiger partial charge in [0.1, 0.15) is 42.0 Å². The molecule has 8 nitrogen and oxygen atoms in total. The summed E-state index contributed by atoms with van der Waals surface area (Å²) in [6, 6.07) is 7.80. The third kappa shape index (κ3) is 4.59. The van der Waals surface area contributed by atoms with Crippen LogP contribution >= 0.6 is 0 Å². The van der Waals surface area contributed by atoms with Crippen molar-refractivity contribution < 1.29 is 33.3 Å². The van der Waals surface area contributed by atoms with Crippen LogP contribution in [0.2, 0.25) is 0 Å².